The van der Waals surface area contributed by atoms with Gasteiger partial charge in [-0.05, 0) is 41.8 Å². The number of urea groups is 1. The van der Waals surface area contributed by atoms with Crippen molar-refractivity contribution in [1.29, 1.82) is 0 Å². The lowest BCUT2D eigenvalue weighted by Crippen LogP contribution is -2.39. The van der Waals surface area contributed by atoms with E-state index in [4.69, 9.17) is 9.47 Å². The van der Waals surface area contributed by atoms with Crippen molar-refractivity contribution < 1.29 is 27.4 Å². The van der Waals surface area contributed by atoms with Crippen LogP contribution in [0.5, 0.6) is 0 Å². The Balaban J connectivity index is 1.69. The molecule has 1 aliphatic rings. The molecular weight excluding hydrogens is 375 g/mol. The number of methoxy groups -OCH3 is 1. The summed E-state index contributed by atoms with van der Waals surface area (Å²) in [6.07, 6.45) is -1.01. The predicted molar refractivity (Wildman–Crippen MR) is 95.6 cm³/mol. The number of amides is 2. The molecule has 6 nitrogen and oxygen atoms in total. The summed E-state index contributed by atoms with van der Waals surface area (Å²) < 4.78 is 50.2. The Morgan fingerprint density at radius 1 is 1.29 bits per heavy atom. The summed E-state index contributed by atoms with van der Waals surface area (Å²) in [5.41, 5.74) is 0.0824. The fraction of sp³-hybridized carbons (Fsp3) is 0.368. The first kappa shape index (κ1) is 20.1. The summed E-state index contributed by atoms with van der Waals surface area (Å²) in [5, 5.41) is 5.24. The quantitative estimate of drug-likeness (QED) is 0.806. The van der Waals surface area contributed by atoms with Gasteiger partial charge in [0.25, 0.3) is 0 Å². The zero-order chi connectivity index (χ0) is 20.1. The van der Waals surface area contributed by atoms with Gasteiger partial charge >= 0.3 is 12.2 Å². The molecule has 1 aliphatic heterocycles. The van der Waals surface area contributed by atoms with Crippen molar-refractivity contribution in [3.8, 4) is 0 Å². The van der Waals surface area contributed by atoms with E-state index in [0.29, 0.717) is 13.0 Å². The second-order valence-corrected chi connectivity index (χ2v) is 6.37. The highest BCUT2D eigenvalue weighted by Gasteiger charge is 2.34. The molecule has 0 aliphatic carbocycles. The molecule has 0 radical (unpaired) electrons. The van der Waals surface area contributed by atoms with Crippen molar-refractivity contribution in [2.75, 3.05) is 19.0 Å². The van der Waals surface area contributed by atoms with Gasteiger partial charge in [0, 0.05) is 31.8 Å². The van der Waals surface area contributed by atoms with Crippen molar-refractivity contribution in [3.05, 3.63) is 59.4 Å². The molecule has 1 aromatic carbocycles. The van der Waals surface area contributed by atoms with E-state index in [1.807, 2.05) is 0 Å². The molecular formula is C19H20F3N3O3. The Morgan fingerprint density at radius 3 is 2.71 bits per heavy atom. The Morgan fingerprint density at radius 2 is 2.04 bits per heavy atom. The number of ether oxygens (including phenoxy) is 2. The summed E-state index contributed by atoms with van der Waals surface area (Å²) in [4.78, 5) is 16.3. The maximum atomic E-state index is 13.3. The lowest BCUT2D eigenvalue weighted by molar-refractivity contribution is -0.138. The number of nitrogens with zero attached hydrogens (tertiary/aromatic N) is 1. The van der Waals surface area contributed by atoms with Gasteiger partial charge in [0.15, 0.2) is 0 Å². The van der Waals surface area contributed by atoms with Gasteiger partial charge in [-0.15, -0.1) is 0 Å². The van der Waals surface area contributed by atoms with Crippen LogP contribution < -0.4 is 10.6 Å². The van der Waals surface area contributed by atoms with E-state index in [1.54, 1.807) is 24.5 Å². The van der Waals surface area contributed by atoms with Crippen LogP contribution >= 0.6 is 0 Å². The van der Waals surface area contributed by atoms with Gasteiger partial charge in [0.1, 0.15) is 6.10 Å². The first-order valence-electron chi connectivity index (χ1n) is 8.66. The number of aromatic nitrogens is 1. The molecule has 1 saturated heterocycles. The lowest BCUT2D eigenvalue weighted by Gasteiger charge is -2.21. The first-order chi connectivity index (χ1) is 13.4. The lowest BCUT2D eigenvalue weighted by atomic mass is 10.0. The Bertz CT molecular complexity index is 815. The van der Waals surface area contributed by atoms with Crippen molar-refractivity contribution >= 4 is 11.7 Å². The highest BCUT2D eigenvalue weighted by Crippen LogP contribution is 2.34. The summed E-state index contributed by atoms with van der Waals surface area (Å²) in [6, 6.07) is 6.31. The monoisotopic (exact) mass is 395 g/mol. The Hall–Kier alpha value is -2.65. The fourth-order valence-corrected chi connectivity index (χ4v) is 3.15. The van der Waals surface area contributed by atoms with E-state index in [-0.39, 0.29) is 30.0 Å². The van der Waals surface area contributed by atoms with E-state index in [1.165, 1.54) is 19.2 Å². The zero-order valence-electron chi connectivity index (χ0n) is 15.1. The number of benzene rings is 1. The SMILES string of the molecule is COCc1ccc(NC(=O)N[C@H]2CCO[C@@H]2c2ccncc2)cc1C(F)(F)F. The minimum absolute atomic E-state index is 0.00269. The topological polar surface area (TPSA) is 72.5 Å². The largest absolute Gasteiger partial charge is 0.416 e. The Labute approximate surface area is 160 Å². The number of pyridine rings is 1. The van der Waals surface area contributed by atoms with Crippen LogP contribution in [0.25, 0.3) is 0 Å². The molecule has 1 fully saturated rings. The standard InChI is InChI=1S/C19H20F3N3O3/c1-27-11-13-2-3-14(10-15(13)19(20,21)22)24-18(26)25-16-6-9-28-17(16)12-4-7-23-8-5-12/h2-5,7-8,10,16-17H,6,9,11H2,1H3,(H2,24,25,26)/t16-,17+/m0/s1. The predicted octanol–water partition coefficient (Wildman–Crippen LogP) is 3.90. The second-order valence-electron chi connectivity index (χ2n) is 6.37. The molecule has 0 bridgehead atoms. The number of hydrogen-bond acceptors (Lipinski definition) is 4. The summed E-state index contributed by atoms with van der Waals surface area (Å²) >= 11 is 0. The second kappa shape index (κ2) is 8.57. The Kier molecular flexibility index (Phi) is 6.15. The minimum atomic E-state index is -4.55. The molecule has 28 heavy (non-hydrogen) atoms. The third kappa shape index (κ3) is 4.79. The van der Waals surface area contributed by atoms with Crippen LogP contribution in [0.1, 0.15) is 29.2 Å². The summed E-state index contributed by atoms with van der Waals surface area (Å²) in [5.74, 6) is 0. The molecule has 150 valence electrons. The highest BCUT2D eigenvalue weighted by molar-refractivity contribution is 5.89. The van der Waals surface area contributed by atoms with Gasteiger partial charge in [-0.1, -0.05) is 6.07 Å². The summed E-state index contributed by atoms with van der Waals surface area (Å²) in [7, 11) is 1.32. The van der Waals surface area contributed by atoms with E-state index in [9.17, 15) is 18.0 Å². The third-order valence-corrected chi connectivity index (χ3v) is 4.42. The normalized spacial score (nSPS) is 19.4. The van der Waals surface area contributed by atoms with Crippen LogP contribution in [-0.2, 0) is 22.3 Å². The van der Waals surface area contributed by atoms with Crippen LogP contribution in [-0.4, -0.2) is 30.8 Å². The van der Waals surface area contributed by atoms with Gasteiger partial charge in [-0.2, -0.15) is 13.2 Å². The number of carbonyl (C=O) groups is 1. The van der Waals surface area contributed by atoms with Gasteiger partial charge in [-0.25, -0.2) is 4.79 Å². The highest BCUT2D eigenvalue weighted by atomic mass is 19.4. The molecule has 3 rings (SSSR count). The van der Waals surface area contributed by atoms with E-state index >= 15 is 0 Å². The molecule has 1 aromatic heterocycles. The first-order valence-corrected chi connectivity index (χ1v) is 8.66. The summed E-state index contributed by atoms with van der Waals surface area (Å²) in [6.45, 7) is 0.302. The average molecular weight is 395 g/mol. The average Bonchev–Trinajstić information content (AvgIpc) is 3.11. The molecule has 0 saturated carbocycles. The third-order valence-electron chi connectivity index (χ3n) is 4.42. The number of carbonyl (C=O) groups excluding carboxylic acids is 1. The van der Waals surface area contributed by atoms with Crippen LogP contribution in [0.4, 0.5) is 23.7 Å². The minimum Gasteiger partial charge on any atom is -0.380 e. The fourth-order valence-electron chi connectivity index (χ4n) is 3.15. The van der Waals surface area contributed by atoms with E-state index < -0.39 is 17.8 Å². The number of halogens is 3. The van der Waals surface area contributed by atoms with Crippen molar-refractivity contribution in [1.82, 2.24) is 10.3 Å². The maximum absolute atomic E-state index is 13.3. The number of anilines is 1. The molecule has 0 unspecified atom stereocenters. The molecule has 2 atom stereocenters. The van der Waals surface area contributed by atoms with Gasteiger partial charge < -0.3 is 20.1 Å². The number of hydrogen-bond donors (Lipinski definition) is 2. The van der Waals surface area contributed by atoms with Crippen LogP contribution in [0.15, 0.2) is 42.7 Å². The zero-order valence-corrected chi connectivity index (χ0v) is 15.1. The smallest absolute Gasteiger partial charge is 0.380 e. The molecule has 2 heterocycles. The van der Waals surface area contributed by atoms with Crippen molar-refractivity contribution in [3.63, 3.8) is 0 Å². The van der Waals surface area contributed by atoms with Gasteiger partial charge in [0.2, 0.25) is 0 Å². The van der Waals surface area contributed by atoms with Crippen molar-refractivity contribution in [2.24, 2.45) is 0 Å². The number of nitrogens with one attached hydrogen (secondary N) is 2. The molecule has 2 amide bonds. The number of rotatable bonds is 5. The van der Waals surface area contributed by atoms with Crippen molar-refractivity contribution in [2.45, 2.75) is 31.3 Å². The molecule has 0 spiro atoms. The number of alkyl halides is 3. The van der Waals surface area contributed by atoms with Gasteiger partial charge in [-0.3, -0.25) is 4.98 Å². The van der Waals surface area contributed by atoms with E-state index in [0.717, 1.165) is 11.6 Å². The molecule has 2 aromatic rings. The van der Waals surface area contributed by atoms with Crippen LogP contribution in [0.2, 0.25) is 0 Å². The van der Waals surface area contributed by atoms with Crippen LogP contribution in [0.3, 0.4) is 0 Å². The van der Waals surface area contributed by atoms with E-state index in [2.05, 4.69) is 15.6 Å². The van der Waals surface area contributed by atoms with Crippen LogP contribution in [0, 0.1) is 0 Å². The van der Waals surface area contributed by atoms with Gasteiger partial charge in [0.05, 0.1) is 18.2 Å². The molecule has 2 N–H and O–H groups in total. The molecule has 9 heteroatoms. The maximum Gasteiger partial charge on any atom is 0.416 e.